The van der Waals surface area contributed by atoms with E-state index >= 15 is 0 Å². The van der Waals surface area contributed by atoms with Crippen LogP contribution in [0.25, 0.3) is 0 Å². The van der Waals surface area contributed by atoms with Crippen LogP contribution >= 0.6 is 0 Å². The number of nitrogens with one attached hydrogen (secondary N) is 1. The van der Waals surface area contributed by atoms with E-state index in [2.05, 4.69) is 26.0 Å². The van der Waals surface area contributed by atoms with E-state index in [-0.39, 0.29) is 12.0 Å². The average molecular weight is 318 g/mol. The predicted molar refractivity (Wildman–Crippen MR) is 89.3 cm³/mol. The third-order valence-corrected chi connectivity index (χ3v) is 5.35. The van der Waals surface area contributed by atoms with Crippen LogP contribution in [0.2, 0.25) is 0 Å². The van der Waals surface area contributed by atoms with Gasteiger partial charge in [0.1, 0.15) is 11.8 Å². The molecule has 0 saturated carbocycles. The molecule has 2 aliphatic heterocycles. The minimum Gasteiger partial charge on any atom is -0.493 e. The number of carbonyl (C=O) groups is 1. The topological polar surface area (TPSA) is 40.0 Å². The van der Waals surface area contributed by atoms with E-state index in [0.717, 1.165) is 37.4 Å². The van der Waals surface area contributed by atoms with Crippen LogP contribution < -0.4 is 14.4 Å². The fourth-order valence-corrected chi connectivity index (χ4v) is 4.25. The molecule has 1 fully saturated rings. The van der Waals surface area contributed by atoms with E-state index in [4.69, 9.17) is 9.47 Å². The summed E-state index contributed by atoms with van der Waals surface area (Å²) in [5.74, 6) is 2.82. The second-order valence-electron chi connectivity index (χ2n) is 7.32. The van der Waals surface area contributed by atoms with Crippen LogP contribution in [0, 0.1) is 11.8 Å². The Hall–Kier alpha value is -1.55. The van der Waals surface area contributed by atoms with Crippen molar-refractivity contribution in [2.24, 2.45) is 11.8 Å². The van der Waals surface area contributed by atoms with Gasteiger partial charge in [0.25, 0.3) is 0 Å². The van der Waals surface area contributed by atoms with Crippen molar-refractivity contribution in [3.05, 3.63) is 23.3 Å². The van der Waals surface area contributed by atoms with Crippen LogP contribution in [0.1, 0.15) is 43.9 Å². The lowest BCUT2D eigenvalue weighted by atomic mass is 9.80. The highest BCUT2D eigenvalue weighted by molar-refractivity contribution is 5.82. The molecule has 0 radical (unpaired) electrons. The summed E-state index contributed by atoms with van der Waals surface area (Å²) in [5.41, 5.74) is 2.59. The Balaban J connectivity index is 1.89. The summed E-state index contributed by atoms with van der Waals surface area (Å²) < 4.78 is 10.9. The summed E-state index contributed by atoms with van der Waals surface area (Å²) >= 11 is 0. The van der Waals surface area contributed by atoms with Crippen molar-refractivity contribution in [2.45, 2.75) is 39.2 Å². The molecule has 2 heterocycles. The Morgan fingerprint density at radius 2 is 1.91 bits per heavy atom. The van der Waals surface area contributed by atoms with Gasteiger partial charge < -0.3 is 14.4 Å². The SMILES string of the molecule is COc1cc2c(cc1OC)[C@H]1CC(=O)[C@H](CC(C)C)C[NH+]1CC2. The van der Waals surface area contributed by atoms with E-state index in [9.17, 15) is 4.79 Å². The fraction of sp³-hybridized carbons (Fsp3) is 0.632. The van der Waals surface area contributed by atoms with Crippen LogP contribution in [-0.2, 0) is 11.2 Å². The number of hydrogen-bond donors (Lipinski definition) is 1. The molecule has 126 valence electrons. The first-order chi connectivity index (χ1) is 11.0. The molecule has 0 aliphatic carbocycles. The molecular weight excluding hydrogens is 290 g/mol. The number of Topliss-reactive ketones (excluding diaryl/α,β-unsaturated/α-hetero) is 1. The van der Waals surface area contributed by atoms with E-state index in [1.807, 2.05) is 0 Å². The number of quaternary nitrogens is 1. The van der Waals surface area contributed by atoms with Crippen molar-refractivity contribution in [2.75, 3.05) is 27.3 Å². The van der Waals surface area contributed by atoms with Gasteiger partial charge in [-0.05, 0) is 30.0 Å². The number of benzene rings is 1. The first kappa shape index (κ1) is 16.3. The normalized spacial score (nSPS) is 26.7. The van der Waals surface area contributed by atoms with Gasteiger partial charge in [-0.2, -0.15) is 0 Å². The second-order valence-corrected chi connectivity index (χ2v) is 7.32. The molecule has 0 bridgehead atoms. The monoisotopic (exact) mass is 318 g/mol. The summed E-state index contributed by atoms with van der Waals surface area (Å²) in [7, 11) is 3.34. The standard InChI is InChI=1S/C19H27NO3/c1-12(2)7-14-11-20-6-5-13-8-18(22-3)19(23-4)9-15(13)16(20)10-17(14)21/h8-9,12,14,16H,5-7,10-11H2,1-4H3/p+1/t14-,16-/m1/s1. The second kappa shape index (κ2) is 6.52. The van der Waals surface area contributed by atoms with Gasteiger partial charge in [0, 0.05) is 12.0 Å². The van der Waals surface area contributed by atoms with Gasteiger partial charge >= 0.3 is 0 Å². The third-order valence-electron chi connectivity index (χ3n) is 5.35. The summed E-state index contributed by atoms with van der Waals surface area (Å²) in [6, 6.07) is 4.47. The highest BCUT2D eigenvalue weighted by Crippen LogP contribution is 2.36. The molecule has 1 aromatic carbocycles. The minimum absolute atomic E-state index is 0.239. The highest BCUT2D eigenvalue weighted by Gasteiger charge is 2.41. The fourth-order valence-electron chi connectivity index (χ4n) is 4.25. The average Bonchev–Trinajstić information content (AvgIpc) is 2.53. The number of carbonyl (C=O) groups excluding carboxylic acids is 1. The first-order valence-electron chi connectivity index (χ1n) is 8.65. The zero-order valence-electron chi connectivity index (χ0n) is 14.6. The maximum absolute atomic E-state index is 12.6. The quantitative estimate of drug-likeness (QED) is 0.920. The van der Waals surface area contributed by atoms with Crippen molar-refractivity contribution in [1.29, 1.82) is 0 Å². The van der Waals surface area contributed by atoms with Crippen molar-refractivity contribution in [3.63, 3.8) is 0 Å². The van der Waals surface area contributed by atoms with Crippen LogP contribution in [0.5, 0.6) is 11.5 Å². The van der Waals surface area contributed by atoms with E-state index in [1.165, 1.54) is 11.1 Å². The van der Waals surface area contributed by atoms with Crippen LogP contribution in [0.3, 0.4) is 0 Å². The van der Waals surface area contributed by atoms with Gasteiger partial charge in [-0.3, -0.25) is 4.79 Å². The number of methoxy groups -OCH3 is 2. The molecule has 2 aliphatic rings. The first-order valence-corrected chi connectivity index (χ1v) is 8.65. The Bertz CT molecular complexity index is 597. The lowest BCUT2D eigenvalue weighted by Crippen LogP contribution is -3.15. The smallest absolute Gasteiger partial charge is 0.161 e. The van der Waals surface area contributed by atoms with Gasteiger partial charge in [0.05, 0.1) is 39.6 Å². The Labute approximate surface area is 138 Å². The molecule has 0 aromatic heterocycles. The number of ether oxygens (including phenoxy) is 2. The molecule has 3 atom stereocenters. The molecule has 1 unspecified atom stereocenters. The maximum Gasteiger partial charge on any atom is 0.161 e. The van der Waals surface area contributed by atoms with E-state index < -0.39 is 0 Å². The Kier molecular flexibility index (Phi) is 4.62. The number of hydrogen-bond acceptors (Lipinski definition) is 3. The molecule has 3 rings (SSSR count). The Morgan fingerprint density at radius 1 is 1.22 bits per heavy atom. The zero-order valence-corrected chi connectivity index (χ0v) is 14.6. The molecule has 4 nitrogen and oxygen atoms in total. The molecule has 0 spiro atoms. The Morgan fingerprint density at radius 3 is 2.57 bits per heavy atom. The number of piperidine rings is 1. The van der Waals surface area contributed by atoms with Crippen molar-refractivity contribution < 1.29 is 19.2 Å². The molecule has 23 heavy (non-hydrogen) atoms. The molecule has 1 N–H and O–H groups in total. The lowest BCUT2D eigenvalue weighted by molar-refractivity contribution is -0.938. The van der Waals surface area contributed by atoms with Crippen LogP contribution in [0.4, 0.5) is 0 Å². The van der Waals surface area contributed by atoms with Crippen molar-refractivity contribution in [3.8, 4) is 11.5 Å². The lowest BCUT2D eigenvalue weighted by Gasteiger charge is -2.40. The highest BCUT2D eigenvalue weighted by atomic mass is 16.5. The number of fused-ring (bicyclic) bond motifs is 3. The molecule has 1 aromatic rings. The minimum atomic E-state index is 0.239. The largest absolute Gasteiger partial charge is 0.493 e. The molecule has 4 heteroatoms. The summed E-state index contributed by atoms with van der Waals surface area (Å²) in [4.78, 5) is 14.2. The third kappa shape index (κ3) is 3.09. The van der Waals surface area contributed by atoms with Gasteiger partial charge in [-0.25, -0.2) is 0 Å². The molecule has 1 saturated heterocycles. The summed E-state index contributed by atoms with van der Waals surface area (Å²) in [6.45, 7) is 6.50. The summed E-state index contributed by atoms with van der Waals surface area (Å²) in [6.07, 6.45) is 2.73. The zero-order chi connectivity index (χ0) is 16.6. The maximum atomic E-state index is 12.6. The molecular formula is C19H28NO3+. The van der Waals surface area contributed by atoms with E-state index in [1.54, 1.807) is 19.1 Å². The van der Waals surface area contributed by atoms with Crippen molar-refractivity contribution >= 4 is 5.78 Å². The summed E-state index contributed by atoms with van der Waals surface area (Å²) in [5, 5.41) is 0. The number of ketones is 1. The van der Waals surface area contributed by atoms with Gasteiger partial charge in [0.15, 0.2) is 11.5 Å². The predicted octanol–water partition coefficient (Wildman–Crippen LogP) is 1.82. The van der Waals surface area contributed by atoms with Gasteiger partial charge in [0.2, 0.25) is 0 Å². The van der Waals surface area contributed by atoms with E-state index in [0.29, 0.717) is 18.1 Å². The number of rotatable bonds is 4. The van der Waals surface area contributed by atoms with Crippen molar-refractivity contribution in [1.82, 2.24) is 0 Å². The van der Waals surface area contributed by atoms with Crippen LogP contribution in [-0.4, -0.2) is 33.1 Å². The van der Waals surface area contributed by atoms with Crippen LogP contribution in [0.15, 0.2) is 12.1 Å². The molecule has 0 amide bonds. The van der Waals surface area contributed by atoms with Gasteiger partial charge in [-0.1, -0.05) is 13.8 Å². The van der Waals surface area contributed by atoms with Gasteiger partial charge in [-0.15, -0.1) is 0 Å².